The van der Waals surface area contributed by atoms with Crippen molar-refractivity contribution in [1.82, 2.24) is 15.2 Å². The molecule has 1 amide bonds. The van der Waals surface area contributed by atoms with E-state index >= 15 is 0 Å². The first-order valence-electron chi connectivity index (χ1n) is 6.26. The molecule has 1 atom stereocenters. The van der Waals surface area contributed by atoms with Gasteiger partial charge >= 0.3 is 5.97 Å². The van der Waals surface area contributed by atoms with Crippen LogP contribution in [-0.4, -0.2) is 37.4 Å². The van der Waals surface area contributed by atoms with Crippen LogP contribution in [0.15, 0.2) is 35.7 Å². The predicted molar refractivity (Wildman–Crippen MR) is 78.3 cm³/mol. The molecule has 8 heteroatoms. The second-order valence-corrected chi connectivity index (χ2v) is 5.37. The van der Waals surface area contributed by atoms with E-state index in [0.717, 1.165) is 0 Å². The number of thioether (sulfide) groups is 1. The number of carboxylic acid groups (broad SMARTS) is 1. The molecule has 0 radical (unpaired) electrons. The number of amides is 1. The Morgan fingerprint density at radius 1 is 1.48 bits per heavy atom. The van der Waals surface area contributed by atoms with Crippen LogP contribution in [0.4, 0.5) is 5.69 Å². The summed E-state index contributed by atoms with van der Waals surface area (Å²) in [5, 5.41) is 18.3. The average molecular weight is 306 g/mol. The molecule has 110 valence electrons. The number of benzene rings is 1. The van der Waals surface area contributed by atoms with Gasteiger partial charge in [0.1, 0.15) is 6.33 Å². The largest absolute Gasteiger partial charge is 0.478 e. The van der Waals surface area contributed by atoms with E-state index in [0.29, 0.717) is 17.3 Å². The lowest BCUT2D eigenvalue weighted by atomic mass is 10.2. The molecule has 1 aromatic carbocycles. The van der Waals surface area contributed by atoms with E-state index in [1.54, 1.807) is 12.1 Å². The number of anilines is 1. The summed E-state index contributed by atoms with van der Waals surface area (Å²) in [5.74, 6) is -1.24. The number of H-pyrrole nitrogens is 1. The summed E-state index contributed by atoms with van der Waals surface area (Å²) in [5.41, 5.74) is 0.584. The molecule has 0 fully saturated rings. The van der Waals surface area contributed by atoms with Crippen LogP contribution in [0.25, 0.3) is 0 Å². The number of aromatic carboxylic acids is 1. The zero-order valence-electron chi connectivity index (χ0n) is 11.2. The molecular formula is C13H14N4O3S. The highest BCUT2D eigenvalue weighted by Crippen LogP contribution is 2.23. The van der Waals surface area contributed by atoms with Crippen LogP contribution < -0.4 is 5.32 Å². The molecule has 3 N–H and O–H groups in total. The first kappa shape index (κ1) is 15.0. The fourth-order valence-electron chi connectivity index (χ4n) is 1.66. The van der Waals surface area contributed by atoms with E-state index in [4.69, 9.17) is 5.11 Å². The Labute approximate surface area is 125 Å². The molecule has 0 aliphatic carbocycles. The number of hydrogen-bond donors (Lipinski definition) is 3. The van der Waals surface area contributed by atoms with Gasteiger partial charge in [0.15, 0.2) is 5.16 Å². The molecule has 1 unspecified atom stereocenters. The Balaban J connectivity index is 2.05. The number of rotatable bonds is 6. The molecule has 21 heavy (non-hydrogen) atoms. The summed E-state index contributed by atoms with van der Waals surface area (Å²) in [6.45, 7) is 1.89. The third-order valence-electron chi connectivity index (χ3n) is 2.69. The molecule has 0 saturated heterocycles. The standard InChI is InChI=1S/C13H14N4O3S/c1-2-10(21-13-14-7-15-17-13)11(18)16-9-5-3-4-8(6-9)12(19)20/h3-7,10H,2H2,1H3,(H,16,18)(H,19,20)(H,14,15,17). The maximum absolute atomic E-state index is 12.2. The normalized spacial score (nSPS) is 11.9. The third-order valence-corrected chi connectivity index (χ3v) is 3.94. The van der Waals surface area contributed by atoms with Gasteiger partial charge in [0, 0.05) is 5.69 Å². The number of carbonyl (C=O) groups is 2. The van der Waals surface area contributed by atoms with E-state index in [-0.39, 0.29) is 16.7 Å². The minimum absolute atomic E-state index is 0.128. The van der Waals surface area contributed by atoms with Crippen molar-refractivity contribution in [3.05, 3.63) is 36.2 Å². The third kappa shape index (κ3) is 4.06. The van der Waals surface area contributed by atoms with Crippen LogP contribution in [0, 0.1) is 0 Å². The Morgan fingerprint density at radius 2 is 2.29 bits per heavy atom. The average Bonchev–Trinajstić information content (AvgIpc) is 2.97. The number of aromatic amines is 1. The smallest absolute Gasteiger partial charge is 0.335 e. The summed E-state index contributed by atoms with van der Waals surface area (Å²) in [4.78, 5) is 27.1. The van der Waals surface area contributed by atoms with Crippen LogP contribution in [0.5, 0.6) is 0 Å². The van der Waals surface area contributed by atoms with Crippen molar-refractivity contribution in [3.63, 3.8) is 0 Å². The van der Waals surface area contributed by atoms with Gasteiger partial charge in [-0.2, -0.15) is 5.10 Å². The molecule has 0 aliphatic heterocycles. The molecule has 0 aliphatic rings. The monoisotopic (exact) mass is 306 g/mol. The van der Waals surface area contributed by atoms with E-state index < -0.39 is 5.97 Å². The summed E-state index contributed by atoms with van der Waals surface area (Å²) in [7, 11) is 0. The van der Waals surface area contributed by atoms with Crippen molar-refractivity contribution in [3.8, 4) is 0 Å². The van der Waals surface area contributed by atoms with Gasteiger partial charge in [-0.05, 0) is 24.6 Å². The SMILES string of the molecule is CCC(Sc1ncn[nH]1)C(=O)Nc1cccc(C(=O)O)c1. The van der Waals surface area contributed by atoms with E-state index in [1.807, 2.05) is 6.92 Å². The van der Waals surface area contributed by atoms with Gasteiger partial charge in [-0.25, -0.2) is 9.78 Å². The Kier molecular flexibility index (Phi) is 4.94. The van der Waals surface area contributed by atoms with Gasteiger partial charge in [0.25, 0.3) is 0 Å². The fraction of sp³-hybridized carbons (Fsp3) is 0.231. The quantitative estimate of drug-likeness (QED) is 0.705. The lowest BCUT2D eigenvalue weighted by Crippen LogP contribution is -2.24. The number of carbonyl (C=O) groups excluding carboxylic acids is 1. The Morgan fingerprint density at radius 3 is 2.90 bits per heavy atom. The van der Waals surface area contributed by atoms with Crippen molar-refractivity contribution in [1.29, 1.82) is 0 Å². The van der Waals surface area contributed by atoms with Crippen molar-refractivity contribution < 1.29 is 14.7 Å². The van der Waals surface area contributed by atoms with Crippen LogP contribution in [0.1, 0.15) is 23.7 Å². The van der Waals surface area contributed by atoms with Crippen LogP contribution in [-0.2, 0) is 4.79 Å². The van der Waals surface area contributed by atoms with Gasteiger partial charge in [0.2, 0.25) is 5.91 Å². The Bertz CT molecular complexity index is 630. The maximum Gasteiger partial charge on any atom is 0.335 e. The predicted octanol–water partition coefficient (Wildman–Crippen LogP) is 2.01. The van der Waals surface area contributed by atoms with Gasteiger partial charge in [-0.3, -0.25) is 9.89 Å². The van der Waals surface area contributed by atoms with Crippen molar-refractivity contribution >= 4 is 29.3 Å². The van der Waals surface area contributed by atoms with E-state index in [2.05, 4.69) is 20.5 Å². The lowest BCUT2D eigenvalue weighted by Gasteiger charge is -2.13. The fourth-order valence-corrected chi connectivity index (χ4v) is 2.48. The summed E-state index contributed by atoms with van der Waals surface area (Å²) in [6.07, 6.45) is 1.99. The number of aromatic nitrogens is 3. The second kappa shape index (κ2) is 6.89. The van der Waals surface area contributed by atoms with Crippen molar-refractivity contribution in [2.24, 2.45) is 0 Å². The first-order chi connectivity index (χ1) is 10.1. The topological polar surface area (TPSA) is 108 Å². The highest BCUT2D eigenvalue weighted by molar-refractivity contribution is 8.00. The summed E-state index contributed by atoms with van der Waals surface area (Å²) < 4.78 is 0. The van der Waals surface area contributed by atoms with E-state index in [9.17, 15) is 9.59 Å². The van der Waals surface area contributed by atoms with Crippen molar-refractivity contribution in [2.45, 2.75) is 23.8 Å². The molecule has 0 saturated carbocycles. The second-order valence-electron chi connectivity index (χ2n) is 4.18. The van der Waals surface area contributed by atoms with Crippen LogP contribution in [0.3, 0.4) is 0 Å². The number of nitrogens with zero attached hydrogens (tertiary/aromatic N) is 2. The van der Waals surface area contributed by atoms with E-state index in [1.165, 1.54) is 30.2 Å². The minimum atomic E-state index is -1.03. The molecule has 0 bridgehead atoms. The molecule has 1 heterocycles. The first-order valence-corrected chi connectivity index (χ1v) is 7.14. The number of nitrogens with one attached hydrogen (secondary N) is 2. The summed E-state index contributed by atoms with van der Waals surface area (Å²) >= 11 is 1.28. The lowest BCUT2D eigenvalue weighted by molar-refractivity contribution is -0.115. The molecule has 2 aromatic rings. The zero-order valence-corrected chi connectivity index (χ0v) is 12.1. The molecule has 7 nitrogen and oxygen atoms in total. The molecular weight excluding hydrogens is 292 g/mol. The maximum atomic E-state index is 12.2. The minimum Gasteiger partial charge on any atom is -0.478 e. The highest BCUT2D eigenvalue weighted by Gasteiger charge is 2.19. The van der Waals surface area contributed by atoms with Gasteiger partial charge < -0.3 is 10.4 Å². The number of carboxylic acids is 1. The van der Waals surface area contributed by atoms with Crippen molar-refractivity contribution in [2.75, 3.05) is 5.32 Å². The zero-order chi connectivity index (χ0) is 15.2. The van der Waals surface area contributed by atoms with Crippen LogP contribution in [0.2, 0.25) is 0 Å². The van der Waals surface area contributed by atoms with Crippen LogP contribution >= 0.6 is 11.8 Å². The Hall–Kier alpha value is -2.35. The summed E-state index contributed by atoms with van der Waals surface area (Å²) in [6, 6.07) is 6.13. The molecule has 2 rings (SSSR count). The molecule has 0 spiro atoms. The highest BCUT2D eigenvalue weighted by atomic mass is 32.2. The number of hydrogen-bond acceptors (Lipinski definition) is 5. The molecule has 1 aromatic heterocycles. The van der Waals surface area contributed by atoms with Gasteiger partial charge in [-0.1, -0.05) is 24.8 Å². The van der Waals surface area contributed by atoms with Gasteiger partial charge in [0.05, 0.1) is 10.8 Å². The van der Waals surface area contributed by atoms with Gasteiger partial charge in [-0.15, -0.1) is 0 Å².